The molecule has 174 valence electrons. The van der Waals surface area contributed by atoms with Gasteiger partial charge < -0.3 is 10.2 Å². The van der Waals surface area contributed by atoms with Gasteiger partial charge in [0.2, 0.25) is 0 Å². The Balaban J connectivity index is 1.77. The zero-order valence-corrected chi connectivity index (χ0v) is 20.4. The van der Waals surface area contributed by atoms with Gasteiger partial charge in [-0.05, 0) is 72.6 Å². The zero-order valence-electron chi connectivity index (χ0n) is 20.4. The van der Waals surface area contributed by atoms with Crippen LogP contribution in [0, 0.1) is 0 Å². The van der Waals surface area contributed by atoms with Gasteiger partial charge >= 0.3 is 0 Å². The van der Waals surface area contributed by atoms with E-state index in [9.17, 15) is 10.2 Å². The minimum Gasteiger partial charge on any atom is -0.507 e. The van der Waals surface area contributed by atoms with E-state index in [-0.39, 0.29) is 5.92 Å². The summed E-state index contributed by atoms with van der Waals surface area (Å²) in [5.74, 6) is 1.85. The summed E-state index contributed by atoms with van der Waals surface area (Å²) in [5, 5.41) is 22.9. The van der Waals surface area contributed by atoms with Crippen LogP contribution in [-0.4, -0.2) is 10.2 Å². The van der Waals surface area contributed by atoms with E-state index in [2.05, 4.69) is 45.0 Å². The van der Waals surface area contributed by atoms with Crippen molar-refractivity contribution in [2.75, 3.05) is 0 Å². The topological polar surface area (TPSA) is 40.5 Å². The molecule has 0 amide bonds. The third-order valence-corrected chi connectivity index (χ3v) is 8.30. The van der Waals surface area contributed by atoms with Gasteiger partial charge in [0.25, 0.3) is 0 Å². The number of benzene rings is 2. The van der Waals surface area contributed by atoms with Crippen LogP contribution in [0.5, 0.6) is 11.5 Å². The monoisotopic (exact) mass is 434 g/mol. The minimum atomic E-state index is -0.0299. The average Bonchev–Trinajstić information content (AvgIpc) is 2.85. The normalized spacial score (nSPS) is 18.4. The summed E-state index contributed by atoms with van der Waals surface area (Å²) in [6.07, 6.45) is 14.3. The molecule has 2 nitrogen and oxygen atoms in total. The summed E-state index contributed by atoms with van der Waals surface area (Å²) >= 11 is 0. The Morgan fingerprint density at radius 2 is 1.03 bits per heavy atom. The van der Waals surface area contributed by atoms with Crippen LogP contribution in [0.2, 0.25) is 0 Å². The molecule has 32 heavy (non-hydrogen) atoms. The van der Waals surface area contributed by atoms with Crippen LogP contribution < -0.4 is 0 Å². The maximum Gasteiger partial charge on any atom is 0.122 e. The highest BCUT2D eigenvalue weighted by Gasteiger charge is 2.27. The molecular formula is C30H42O2. The number of hydrogen-bond acceptors (Lipinski definition) is 2. The highest BCUT2D eigenvalue weighted by Crippen LogP contribution is 2.46. The lowest BCUT2D eigenvalue weighted by Crippen LogP contribution is -2.10. The molecule has 0 spiro atoms. The number of phenolic OH excluding ortho intramolecular Hbond substituents is 2. The van der Waals surface area contributed by atoms with E-state index in [0.29, 0.717) is 23.3 Å². The summed E-state index contributed by atoms with van der Waals surface area (Å²) in [7, 11) is 0. The first-order valence-electron chi connectivity index (χ1n) is 13.2. The van der Waals surface area contributed by atoms with Crippen LogP contribution in [0.25, 0.3) is 0 Å². The summed E-state index contributed by atoms with van der Waals surface area (Å²) in [5.41, 5.74) is 6.85. The van der Waals surface area contributed by atoms with Gasteiger partial charge in [-0.15, -0.1) is 0 Å². The third kappa shape index (κ3) is 4.70. The standard InChI is InChI=1S/C30H42O2/c1-4-21-16-25(29(31)27(18-21)23-12-8-6-9-13-23)20(3)26-17-22(5-2)19-28(30(26)32)24-14-10-7-11-15-24/h16-20,23-24,31-32H,4-15H2,1-3H3. The van der Waals surface area contributed by atoms with E-state index in [4.69, 9.17) is 0 Å². The van der Waals surface area contributed by atoms with Crippen LogP contribution in [0.15, 0.2) is 24.3 Å². The molecule has 2 aliphatic rings. The first-order chi connectivity index (χ1) is 15.5. The van der Waals surface area contributed by atoms with Gasteiger partial charge in [-0.25, -0.2) is 0 Å². The van der Waals surface area contributed by atoms with E-state index in [0.717, 1.165) is 35.1 Å². The van der Waals surface area contributed by atoms with Crippen LogP contribution >= 0.6 is 0 Å². The molecule has 0 unspecified atom stereocenters. The SMILES string of the molecule is CCc1cc(C2CCCCC2)c(O)c(C(C)c2cc(CC)cc(C3CCCCC3)c2O)c1. The van der Waals surface area contributed by atoms with Gasteiger partial charge in [-0.2, -0.15) is 0 Å². The first-order valence-corrected chi connectivity index (χ1v) is 13.2. The fraction of sp³-hybridized carbons (Fsp3) is 0.600. The Hall–Kier alpha value is -1.96. The fourth-order valence-corrected chi connectivity index (χ4v) is 6.17. The van der Waals surface area contributed by atoms with Crippen LogP contribution in [0.3, 0.4) is 0 Å². The molecular weight excluding hydrogens is 392 g/mol. The molecule has 2 aromatic rings. The van der Waals surface area contributed by atoms with Crippen molar-refractivity contribution < 1.29 is 10.2 Å². The van der Waals surface area contributed by atoms with Crippen molar-refractivity contribution in [3.63, 3.8) is 0 Å². The average molecular weight is 435 g/mol. The maximum atomic E-state index is 11.4. The third-order valence-electron chi connectivity index (χ3n) is 8.30. The van der Waals surface area contributed by atoms with Gasteiger partial charge in [-0.1, -0.05) is 83.6 Å². The number of rotatable bonds is 6. The molecule has 0 heterocycles. The summed E-state index contributed by atoms with van der Waals surface area (Å²) in [6, 6.07) is 8.87. The van der Waals surface area contributed by atoms with Gasteiger partial charge in [0.05, 0.1) is 0 Å². The highest BCUT2D eigenvalue weighted by atomic mass is 16.3. The van der Waals surface area contributed by atoms with Crippen molar-refractivity contribution in [3.8, 4) is 11.5 Å². The smallest absolute Gasteiger partial charge is 0.122 e. The lowest BCUT2D eigenvalue weighted by molar-refractivity contribution is 0.405. The quantitative estimate of drug-likeness (QED) is 0.478. The molecule has 0 bridgehead atoms. The summed E-state index contributed by atoms with van der Waals surface area (Å²) in [6.45, 7) is 6.56. The second kappa shape index (κ2) is 10.3. The van der Waals surface area contributed by atoms with E-state index >= 15 is 0 Å². The van der Waals surface area contributed by atoms with E-state index in [1.54, 1.807) is 0 Å². The van der Waals surface area contributed by atoms with Crippen molar-refractivity contribution in [2.45, 2.75) is 116 Å². The first kappa shape index (κ1) is 23.2. The van der Waals surface area contributed by atoms with E-state index in [1.165, 1.54) is 75.3 Å². The molecule has 4 rings (SSSR count). The Kier molecular flexibility index (Phi) is 7.48. The molecule has 0 aromatic heterocycles. The van der Waals surface area contributed by atoms with Crippen molar-refractivity contribution in [2.24, 2.45) is 0 Å². The molecule has 2 heteroatoms. The molecule has 0 radical (unpaired) electrons. The van der Waals surface area contributed by atoms with Gasteiger partial charge in [-0.3, -0.25) is 0 Å². The summed E-state index contributed by atoms with van der Waals surface area (Å²) < 4.78 is 0. The predicted molar refractivity (Wildman–Crippen MR) is 134 cm³/mol. The van der Waals surface area contributed by atoms with Crippen molar-refractivity contribution >= 4 is 0 Å². The zero-order chi connectivity index (χ0) is 22.7. The Morgan fingerprint density at radius 1 is 0.656 bits per heavy atom. The lowest BCUT2D eigenvalue weighted by atomic mass is 9.78. The van der Waals surface area contributed by atoms with Crippen LogP contribution in [-0.2, 0) is 12.8 Å². The Bertz CT molecular complexity index is 841. The van der Waals surface area contributed by atoms with Crippen molar-refractivity contribution in [1.82, 2.24) is 0 Å². The minimum absolute atomic E-state index is 0.0299. The molecule has 0 saturated heterocycles. The molecule has 2 N–H and O–H groups in total. The molecule has 0 atom stereocenters. The highest BCUT2D eigenvalue weighted by molar-refractivity contribution is 5.55. The van der Waals surface area contributed by atoms with E-state index < -0.39 is 0 Å². The van der Waals surface area contributed by atoms with Gasteiger partial charge in [0, 0.05) is 17.0 Å². The van der Waals surface area contributed by atoms with Crippen molar-refractivity contribution in [3.05, 3.63) is 57.6 Å². The summed E-state index contributed by atoms with van der Waals surface area (Å²) in [4.78, 5) is 0. The maximum absolute atomic E-state index is 11.4. The van der Waals surface area contributed by atoms with Crippen LogP contribution in [0.1, 0.15) is 136 Å². The second-order valence-electron chi connectivity index (χ2n) is 10.3. The number of aryl methyl sites for hydroxylation is 2. The molecule has 0 aliphatic heterocycles. The molecule has 2 aliphatic carbocycles. The molecule has 2 fully saturated rings. The van der Waals surface area contributed by atoms with Crippen molar-refractivity contribution in [1.29, 1.82) is 0 Å². The van der Waals surface area contributed by atoms with Crippen LogP contribution in [0.4, 0.5) is 0 Å². The largest absolute Gasteiger partial charge is 0.507 e. The molecule has 2 saturated carbocycles. The lowest BCUT2D eigenvalue weighted by Gasteiger charge is -2.28. The number of phenols is 2. The molecule has 2 aromatic carbocycles. The fourth-order valence-electron chi connectivity index (χ4n) is 6.17. The van der Waals surface area contributed by atoms with Gasteiger partial charge in [0.15, 0.2) is 0 Å². The van der Waals surface area contributed by atoms with E-state index in [1.807, 2.05) is 0 Å². The predicted octanol–water partition coefficient (Wildman–Crippen LogP) is 8.47. The van der Waals surface area contributed by atoms with Gasteiger partial charge in [0.1, 0.15) is 11.5 Å². The Morgan fingerprint density at radius 3 is 1.38 bits per heavy atom. The number of hydrogen-bond donors (Lipinski definition) is 2. The Labute approximate surface area is 195 Å². The second-order valence-corrected chi connectivity index (χ2v) is 10.3. The number of aromatic hydroxyl groups is 2.